The molecule has 1 aromatic heterocycles. The van der Waals surface area contributed by atoms with Crippen LogP contribution in [0.2, 0.25) is 10.0 Å². The van der Waals surface area contributed by atoms with Crippen molar-refractivity contribution in [3.8, 4) is 0 Å². The molecule has 2 aromatic rings. The van der Waals surface area contributed by atoms with Crippen molar-refractivity contribution in [3.63, 3.8) is 0 Å². The minimum atomic E-state index is 0.0562. The van der Waals surface area contributed by atoms with Gasteiger partial charge in [-0.15, -0.1) is 0 Å². The second kappa shape index (κ2) is 6.37. The van der Waals surface area contributed by atoms with E-state index < -0.39 is 0 Å². The zero-order valence-corrected chi connectivity index (χ0v) is 12.4. The predicted octanol–water partition coefficient (Wildman–Crippen LogP) is 3.11. The molecule has 0 fully saturated rings. The molecule has 0 aliphatic heterocycles. The first-order chi connectivity index (χ1) is 9.15. The molecule has 0 amide bonds. The molecule has 0 saturated heterocycles. The summed E-state index contributed by atoms with van der Waals surface area (Å²) in [5.41, 5.74) is 0.974. The summed E-state index contributed by atoms with van der Waals surface area (Å²) in [6.45, 7) is 2.84. The smallest absolute Gasteiger partial charge is 0.138 e. The Kier molecular flexibility index (Phi) is 4.80. The normalized spacial score (nSPS) is 12.6. The lowest BCUT2D eigenvalue weighted by Gasteiger charge is -2.18. The first kappa shape index (κ1) is 14.3. The van der Waals surface area contributed by atoms with Crippen LogP contribution in [0.15, 0.2) is 24.5 Å². The molecule has 102 valence electrons. The van der Waals surface area contributed by atoms with E-state index in [4.69, 9.17) is 23.2 Å². The van der Waals surface area contributed by atoms with Gasteiger partial charge in [0.25, 0.3) is 0 Å². The second-order valence-corrected chi connectivity index (χ2v) is 5.05. The zero-order valence-electron chi connectivity index (χ0n) is 10.9. The summed E-state index contributed by atoms with van der Waals surface area (Å²) in [4.78, 5) is 4.29. The van der Waals surface area contributed by atoms with E-state index >= 15 is 0 Å². The molecule has 0 saturated carbocycles. The fourth-order valence-electron chi connectivity index (χ4n) is 2.04. The quantitative estimate of drug-likeness (QED) is 0.922. The number of aromatic nitrogens is 3. The molecule has 6 heteroatoms. The van der Waals surface area contributed by atoms with Gasteiger partial charge in [0.1, 0.15) is 12.2 Å². The fourth-order valence-corrected chi connectivity index (χ4v) is 2.47. The average Bonchev–Trinajstić information content (AvgIpc) is 2.86. The van der Waals surface area contributed by atoms with Crippen molar-refractivity contribution in [2.75, 3.05) is 7.05 Å². The lowest BCUT2D eigenvalue weighted by Crippen LogP contribution is -2.21. The molecular formula is C13H16Cl2N4. The molecule has 0 radical (unpaired) electrons. The molecular weight excluding hydrogens is 283 g/mol. The van der Waals surface area contributed by atoms with Gasteiger partial charge in [0, 0.05) is 29.1 Å². The minimum Gasteiger partial charge on any atom is -0.313 e. The lowest BCUT2D eigenvalue weighted by atomic mass is 10.0. The van der Waals surface area contributed by atoms with Gasteiger partial charge in [-0.05, 0) is 37.7 Å². The Morgan fingerprint density at radius 3 is 2.84 bits per heavy atom. The van der Waals surface area contributed by atoms with E-state index in [-0.39, 0.29) is 6.04 Å². The maximum absolute atomic E-state index is 6.24. The number of likely N-dealkylation sites (N-methyl/N-ethyl adjacent to an activating group) is 1. The van der Waals surface area contributed by atoms with Crippen LogP contribution in [0.25, 0.3) is 0 Å². The molecule has 1 atom stereocenters. The summed E-state index contributed by atoms with van der Waals surface area (Å²) >= 11 is 12.3. The number of nitrogens with one attached hydrogen (secondary N) is 1. The lowest BCUT2D eigenvalue weighted by molar-refractivity contribution is 0.534. The molecule has 0 spiro atoms. The molecule has 1 heterocycles. The first-order valence-corrected chi connectivity index (χ1v) is 6.90. The van der Waals surface area contributed by atoms with Crippen molar-refractivity contribution in [3.05, 3.63) is 46.0 Å². The van der Waals surface area contributed by atoms with Gasteiger partial charge in [-0.25, -0.2) is 4.98 Å². The van der Waals surface area contributed by atoms with Crippen LogP contribution < -0.4 is 5.32 Å². The van der Waals surface area contributed by atoms with Gasteiger partial charge in [-0.3, -0.25) is 4.68 Å². The predicted molar refractivity (Wildman–Crippen MR) is 77.7 cm³/mol. The third kappa shape index (κ3) is 3.26. The molecule has 2 rings (SSSR count). The number of benzene rings is 1. The standard InChI is InChI=1S/C13H16Cl2N4/c1-3-19-13(17-8-18-19)7-12(16-2)10-6-9(14)4-5-11(10)15/h4-6,8,12,16H,3,7H2,1-2H3. The Balaban J connectivity index is 2.27. The van der Waals surface area contributed by atoms with E-state index in [1.807, 2.05) is 30.8 Å². The molecule has 0 aliphatic rings. The van der Waals surface area contributed by atoms with Crippen LogP contribution >= 0.6 is 23.2 Å². The van der Waals surface area contributed by atoms with Crippen LogP contribution in [0.4, 0.5) is 0 Å². The second-order valence-electron chi connectivity index (χ2n) is 4.20. The minimum absolute atomic E-state index is 0.0562. The van der Waals surface area contributed by atoms with Crippen molar-refractivity contribution in [2.24, 2.45) is 0 Å². The van der Waals surface area contributed by atoms with Crippen LogP contribution in [-0.2, 0) is 13.0 Å². The van der Waals surface area contributed by atoms with Gasteiger partial charge in [-0.1, -0.05) is 23.2 Å². The SMILES string of the molecule is CCn1ncnc1CC(NC)c1cc(Cl)ccc1Cl. The summed E-state index contributed by atoms with van der Waals surface area (Å²) in [5.74, 6) is 0.929. The summed E-state index contributed by atoms with van der Waals surface area (Å²) in [6, 6.07) is 5.54. The van der Waals surface area contributed by atoms with Gasteiger partial charge >= 0.3 is 0 Å². The number of aryl methyl sites for hydroxylation is 1. The summed E-state index contributed by atoms with van der Waals surface area (Å²) < 4.78 is 1.88. The Morgan fingerprint density at radius 2 is 2.16 bits per heavy atom. The first-order valence-electron chi connectivity index (χ1n) is 6.14. The molecule has 1 unspecified atom stereocenters. The van der Waals surface area contributed by atoms with E-state index in [9.17, 15) is 0 Å². The van der Waals surface area contributed by atoms with E-state index in [1.165, 1.54) is 0 Å². The number of hydrogen-bond donors (Lipinski definition) is 1. The molecule has 0 bridgehead atoms. The maximum Gasteiger partial charge on any atom is 0.138 e. The Morgan fingerprint density at radius 1 is 1.37 bits per heavy atom. The topological polar surface area (TPSA) is 42.7 Å². The average molecular weight is 299 g/mol. The summed E-state index contributed by atoms with van der Waals surface area (Å²) in [7, 11) is 1.90. The van der Waals surface area contributed by atoms with Crippen molar-refractivity contribution in [1.29, 1.82) is 0 Å². The summed E-state index contributed by atoms with van der Waals surface area (Å²) in [5, 5.41) is 8.80. The molecule has 0 aliphatic carbocycles. The largest absolute Gasteiger partial charge is 0.313 e. The highest BCUT2D eigenvalue weighted by Gasteiger charge is 2.17. The van der Waals surface area contributed by atoms with E-state index in [0.717, 1.165) is 17.9 Å². The molecule has 4 nitrogen and oxygen atoms in total. The van der Waals surface area contributed by atoms with Crippen LogP contribution in [0, 0.1) is 0 Å². The van der Waals surface area contributed by atoms with Crippen molar-refractivity contribution in [2.45, 2.75) is 25.9 Å². The van der Waals surface area contributed by atoms with Gasteiger partial charge in [0.05, 0.1) is 0 Å². The van der Waals surface area contributed by atoms with Crippen molar-refractivity contribution in [1.82, 2.24) is 20.1 Å². The van der Waals surface area contributed by atoms with E-state index in [0.29, 0.717) is 16.5 Å². The van der Waals surface area contributed by atoms with Crippen LogP contribution in [0.1, 0.15) is 24.4 Å². The van der Waals surface area contributed by atoms with Gasteiger partial charge in [0.15, 0.2) is 0 Å². The summed E-state index contributed by atoms with van der Waals surface area (Å²) in [6.07, 6.45) is 2.29. The Labute approximate surface area is 122 Å². The van der Waals surface area contributed by atoms with Crippen LogP contribution in [0.3, 0.4) is 0 Å². The van der Waals surface area contributed by atoms with Crippen LogP contribution in [-0.4, -0.2) is 21.8 Å². The van der Waals surface area contributed by atoms with Gasteiger partial charge < -0.3 is 5.32 Å². The number of hydrogen-bond acceptors (Lipinski definition) is 3. The molecule has 1 aromatic carbocycles. The Bertz CT molecular complexity index is 553. The number of nitrogens with zero attached hydrogens (tertiary/aromatic N) is 3. The van der Waals surface area contributed by atoms with E-state index in [2.05, 4.69) is 15.4 Å². The molecule has 19 heavy (non-hydrogen) atoms. The fraction of sp³-hybridized carbons (Fsp3) is 0.385. The van der Waals surface area contributed by atoms with Crippen molar-refractivity contribution >= 4 is 23.2 Å². The Hall–Kier alpha value is -1.10. The number of rotatable bonds is 5. The highest BCUT2D eigenvalue weighted by atomic mass is 35.5. The highest BCUT2D eigenvalue weighted by Crippen LogP contribution is 2.28. The van der Waals surface area contributed by atoms with Gasteiger partial charge in [-0.2, -0.15) is 5.10 Å². The third-order valence-corrected chi connectivity index (χ3v) is 3.64. The van der Waals surface area contributed by atoms with Crippen molar-refractivity contribution < 1.29 is 0 Å². The third-order valence-electron chi connectivity index (χ3n) is 3.06. The monoisotopic (exact) mass is 298 g/mol. The number of halogens is 2. The van der Waals surface area contributed by atoms with Crippen LogP contribution in [0.5, 0.6) is 0 Å². The van der Waals surface area contributed by atoms with Gasteiger partial charge in [0.2, 0.25) is 0 Å². The van der Waals surface area contributed by atoms with E-state index in [1.54, 1.807) is 12.4 Å². The zero-order chi connectivity index (χ0) is 13.8. The maximum atomic E-state index is 6.24. The molecule has 1 N–H and O–H groups in total. The highest BCUT2D eigenvalue weighted by molar-refractivity contribution is 6.33.